The number of hydrogen-bond donors (Lipinski definition) is 2. The van der Waals surface area contributed by atoms with Crippen molar-refractivity contribution < 1.29 is 81.3 Å². The first-order chi connectivity index (χ1) is 36.0. The molecule has 0 aromatic carbocycles. The van der Waals surface area contributed by atoms with Crippen LogP contribution < -0.4 is 0 Å². The quantitative estimate of drug-likeness (QED) is 0.254. The Morgan fingerprint density at radius 3 is 2.15 bits per heavy atom. The molecule has 2 N–H and O–H groups in total. The van der Waals surface area contributed by atoms with E-state index in [2.05, 4.69) is 40.9 Å². The van der Waals surface area contributed by atoms with Gasteiger partial charge in [-0.15, -0.1) is 0 Å². The van der Waals surface area contributed by atoms with Gasteiger partial charge >= 0.3 is 5.97 Å². The molecule has 0 radical (unpaired) electrons. The van der Waals surface area contributed by atoms with Gasteiger partial charge in [0.05, 0.1) is 122 Å². The van der Waals surface area contributed by atoms with Gasteiger partial charge in [-0.25, -0.2) is 0 Å². The van der Waals surface area contributed by atoms with E-state index in [9.17, 15) is 15.0 Å². The highest BCUT2D eigenvalue weighted by Gasteiger charge is 2.69. The normalized spacial score (nSPS) is 57.6. The fourth-order valence-electron chi connectivity index (χ4n) is 17.1. The number of carbonyl (C=O) groups excluding carboxylic acids is 1. The van der Waals surface area contributed by atoms with Gasteiger partial charge in [0.25, 0.3) is 0 Å². The molecule has 0 saturated carbocycles. The van der Waals surface area contributed by atoms with Crippen LogP contribution >= 0.6 is 0 Å². The van der Waals surface area contributed by atoms with E-state index in [1.54, 1.807) is 0 Å². The van der Waals surface area contributed by atoms with Crippen LogP contribution in [0.3, 0.4) is 0 Å². The second-order valence-corrected chi connectivity index (χ2v) is 26.3. The third-order valence-electron chi connectivity index (χ3n) is 21.0. The zero-order valence-corrected chi connectivity index (χ0v) is 44.7. The van der Waals surface area contributed by atoms with Gasteiger partial charge in [-0.1, -0.05) is 40.9 Å². The molecule has 15 heterocycles. The molecule has 15 saturated heterocycles. The van der Waals surface area contributed by atoms with Crippen molar-refractivity contribution >= 4 is 5.97 Å². The Labute approximate surface area is 441 Å². The Morgan fingerprint density at radius 1 is 0.547 bits per heavy atom. The summed E-state index contributed by atoms with van der Waals surface area (Å²) in [5.74, 6) is -1.92. The van der Waals surface area contributed by atoms with Gasteiger partial charge in [0.1, 0.15) is 36.6 Å². The van der Waals surface area contributed by atoms with E-state index in [4.69, 9.17) is 66.3 Å². The topological polar surface area (TPSA) is 187 Å². The highest BCUT2D eigenvalue weighted by atomic mass is 16.8. The van der Waals surface area contributed by atoms with Gasteiger partial charge in [-0.2, -0.15) is 0 Å². The van der Waals surface area contributed by atoms with Crippen molar-refractivity contribution in [2.75, 3.05) is 0 Å². The van der Waals surface area contributed by atoms with E-state index in [1.807, 2.05) is 6.92 Å². The van der Waals surface area contributed by atoms with Crippen molar-refractivity contribution in [2.45, 2.75) is 308 Å². The lowest BCUT2D eigenvalue weighted by atomic mass is 9.79. The maximum atomic E-state index is 14.5. The maximum absolute atomic E-state index is 14.5. The summed E-state index contributed by atoms with van der Waals surface area (Å²) in [4.78, 5) is 14.5. The summed E-state index contributed by atoms with van der Waals surface area (Å²) in [6.45, 7) is 19.7. The Balaban J connectivity index is 0.685. The summed E-state index contributed by atoms with van der Waals surface area (Å²) in [6.07, 6.45) is 3.58. The molecule has 75 heavy (non-hydrogen) atoms. The molecule has 0 aliphatic carbocycles. The third-order valence-corrected chi connectivity index (χ3v) is 21.0. The minimum absolute atomic E-state index is 0.0142. The first-order valence-corrected chi connectivity index (χ1v) is 29.6. The van der Waals surface area contributed by atoms with Crippen molar-refractivity contribution in [3.05, 3.63) is 24.3 Å². The second-order valence-electron chi connectivity index (χ2n) is 26.3. The highest BCUT2D eigenvalue weighted by molar-refractivity contribution is 5.70. The number of fused-ring (bicyclic) bond motifs is 9. The lowest BCUT2D eigenvalue weighted by molar-refractivity contribution is -0.293. The molecule has 418 valence electrons. The number of carbonyl (C=O) groups is 1. The Morgan fingerprint density at radius 2 is 1.28 bits per heavy atom. The van der Waals surface area contributed by atoms with Crippen LogP contribution in [0.4, 0.5) is 0 Å². The molecule has 2 spiro atoms. The number of esters is 1. The van der Waals surface area contributed by atoms with Crippen LogP contribution in [0.5, 0.6) is 0 Å². The number of rotatable bonds is 3. The molecule has 4 unspecified atom stereocenters. The fourth-order valence-corrected chi connectivity index (χ4v) is 17.1. The van der Waals surface area contributed by atoms with Crippen molar-refractivity contribution in [3.8, 4) is 0 Å². The SMILES string of the molecule is C=C1C2C[C@@H]3O[C@H]4C[C@H]5O[C@@]6(C[C@H](O)[C@H]([C@@H](C)C[C@@H]7C[C@H](C)[C@@H]8O[C@H](C)[C@H](O)CC8O7)O6)C[C@H]5O[C@H]4[C@H](C)[C@H]3OC(=O)C[C@H]3CC[C@@H]4OC5C6O[C@@H]7C[C@](CC[C@H]8CC(=C)[C@H](CC[C@@H](C[C@H]1C)O2)O8)(O[C@H]6[C@H]4O3)O[C@@H]57. The van der Waals surface area contributed by atoms with Crippen LogP contribution in [0, 0.1) is 23.7 Å². The summed E-state index contributed by atoms with van der Waals surface area (Å²) in [7, 11) is 0. The summed E-state index contributed by atoms with van der Waals surface area (Å²) < 4.78 is 95.4. The summed E-state index contributed by atoms with van der Waals surface area (Å²) in [5, 5.41) is 22.3. The number of aliphatic hydroxyl groups is 2. The summed E-state index contributed by atoms with van der Waals surface area (Å²) in [6, 6.07) is 0. The van der Waals surface area contributed by atoms with E-state index in [-0.39, 0.29) is 140 Å². The van der Waals surface area contributed by atoms with Gasteiger partial charge in [0, 0.05) is 50.9 Å². The van der Waals surface area contributed by atoms with Gasteiger partial charge in [-0.05, 0) is 93.6 Å². The van der Waals surface area contributed by atoms with Crippen molar-refractivity contribution in [1.82, 2.24) is 0 Å². The number of aliphatic hydroxyl groups excluding tert-OH is 2. The Hall–Kier alpha value is -1.65. The van der Waals surface area contributed by atoms with E-state index in [1.165, 1.54) is 0 Å². The average molecular weight is 1050 g/mol. The number of hydrogen-bond acceptors (Lipinski definition) is 17. The molecule has 15 fully saturated rings. The molecule has 17 nitrogen and oxygen atoms in total. The summed E-state index contributed by atoms with van der Waals surface area (Å²) >= 11 is 0. The van der Waals surface area contributed by atoms with Gasteiger partial charge in [-0.3, -0.25) is 4.79 Å². The lowest BCUT2D eigenvalue weighted by Gasteiger charge is -2.50. The third kappa shape index (κ3) is 9.19. The molecule has 0 aromatic rings. The minimum Gasteiger partial charge on any atom is -0.459 e. The smallest absolute Gasteiger partial charge is 0.308 e. The second kappa shape index (κ2) is 19.5. The molecule has 15 rings (SSSR count). The predicted molar refractivity (Wildman–Crippen MR) is 264 cm³/mol. The first kappa shape index (κ1) is 51.5. The molecule has 15 aliphatic heterocycles. The molecular weight excluding hydrogens is 969 g/mol. The van der Waals surface area contributed by atoms with Crippen LogP contribution in [-0.2, 0) is 71.1 Å². The molecule has 17 heteroatoms. The van der Waals surface area contributed by atoms with Gasteiger partial charge in [0.2, 0.25) is 0 Å². The Kier molecular flexibility index (Phi) is 13.4. The Bertz CT molecular complexity index is 2180. The van der Waals surface area contributed by atoms with Gasteiger partial charge < -0.3 is 76.5 Å². The zero-order valence-electron chi connectivity index (χ0n) is 44.7. The minimum atomic E-state index is -1.00. The van der Waals surface area contributed by atoms with Crippen molar-refractivity contribution in [3.63, 3.8) is 0 Å². The molecule has 12 bridgehead atoms. The van der Waals surface area contributed by atoms with Crippen LogP contribution in [0.1, 0.15) is 144 Å². The number of ether oxygens (including phenoxy) is 14. The first-order valence-electron chi connectivity index (χ1n) is 29.6. The molecule has 0 amide bonds. The maximum Gasteiger partial charge on any atom is 0.308 e. The fraction of sp³-hybridized carbons (Fsp3) is 0.914. The summed E-state index contributed by atoms with van der Waals surface area (Å²) in [5.41, 5.74) is 2.15. The molecule has 15 aliphatic rings. The highest BCUT2D eigenvalue weighted by Crippen LogP contribution is 2.56. The van der Waals surface area contributed by atoms with Gasteiger partial charge in [0.15, 0.2) is 11.6 Å². The molecule has 0 aromatic heterocycles. The van der Waals surface area contributed by atoms with Crippen LogP contribution in [-0.4, -0.2) is 180 Å². The van der Waals surface area contributed by atoms with Crippen molar-refractivity contribution in [2.24, 2.45) is 23.7 Å². The average Bonchev–Trinajstić information content (AvgIpc) is 4.13. The van der Waals surface area contributed by atoms with Crippen LogP contribution in [0.25, 0.3) is 0 Å². The largest absolute Gasteiger partial charge is 0.459 e. The zero-order chi connectivity index (χ0) is 51.4. The van der Waals surface area contributed by atoms with Crippen LogP contribution in [0.2, 0.25) is 0 Å². The lowest BCUT2D eigenvalue weighted by Crippen LogP contribution is -2.62. The van der Waals surface area contributed by atoms with Crippen molar-refractivity contribution in [1.29, 1.82) is 0 Å². The van der Waals surface area contributed by atoms with E-state index >= 15 is 0 Å². The monoisotopic (exact) mass is 1050 g/mol. The van der Waals surface area contributed by atoms with E-state index in [0.717, 1.165) is 56.1 Å². The molecular formula is C58H84O17. The van der Waals surface area contributed by atoms with E-state index in [0.29, 0.717) is 57.8 Å². The van der Waals surface area contributed by atoms with Crippen LogP contribution in [0.15, 0.2) is 24.3 Å². The molecule has 31 atom stereocenters. The predicted octanol–water partition coefficient (Wildman–Crippen LogP) is 5.84. The van der Waals surface area contributed by atoms with E-state index < -0.39 is 60.4 Å². The standard InChI is InChI=1S/C58H84O17/c1-25-14-32-8-10-38-26(2)15-34(63-38)12-13-57-24-46-53(74-57)54-55(70-46)56(75-57)52-39(68-54)11-9-33(66-52)18-47(61)71-51-30(6)50-44(67-43(51)20-40(64-32)29(25)5)21-41-45(69-50)23-58(72-41)22-37(60)48(73-58)27(3)16-35-17-28(4)49-42(65-35)19-36(59)31(7)62-49/h25,27-28,30-46,48-56,59-60H,2,5,8-24H2,1,3-4,6-7H3/t25-,27+,28+,30+,31-,32+,33-,34+,35-,36-,37+,38+,39+,40?,41-,42?,43+,44+,45-,46-,48+,49+,50+,51-,52+,53-,54?,55?,56+,57+,58-/m1/s1.